The maximum absolute atomic E-state index is 12.0. The molecule has 2 N–H and O–H groups in total. The normalized spacial score (nSPS) is 15.4. The molecule has 2 aromatic rings. The Morgan fingerprint density at radius 1 is 1.29 bits per heavy atom. The number of benzene rings is 1. The minimum atomic E-state index is -0.0542. The van der Waals surface area contributed by atoms with Gasteiger partial charge >= 0.3 is 0 Å². The van der Waals surface area contributed by atoms with Crippen LogP contribution in [0, 0.1) is 17.2 Å². The first-order chi connectivity index (χ1) is 13.4. The molecule has 0 saturated carbocycles. The van der Waals surface area contributed by atoms with Crippen molar-refractivity contribution in [1.29, 1.82) is 5.26 Å². The van der Waals surface area contributed by atoms with Crippen LogP contribution in [0.3, 0.4) is 0 Å². The van der Waals surface area contributed by atoms with Crippen molar-refractivity contribution < 1.29 is 4.79 Å². The van der Waals surface area contributed by atoms with Gasteiger partial charge in [0.1, 0.15) is 6.07 Å². The Morgan fingerprint density at radius 2 is 2.04 bits per heavy atom. The lowest BCUT2D eigenvalue weighted by molar-refractivity contribution is -0.120. The van der Waals surface area contributed by atoms with E-state index in [1.807, 2.05) is 24.3 Å². The summed E-state index contributed by atoms with van der Waals surface area (Å²) in [5, 5.41) is 16.6. The van der Waals surface area contributed by atoms with Crippen LogP contribution in [-0.2, 0) is 4.79 Å². The number of hydrogen-bond acceptors (Lipinski definition) is 5. The molecule has 6 heteroatoms. The first kappa shape index (κ1) is 20.1. The third-order valence-electron chi connectivity index (χ3n) is 5.19. The molecule has 0 bridgehead atoms. The van der Waals surface area contributed by atoms with Gasteiger partial charge in [0, 0.05) is 42.4 Å². The highest BCUT2D eigenvalue weighted by Crippen LogP contribution is 2.31. The summed E-state index contributed by atoms with van der Waals surface area (Å²) in [6.07, 6.45) is 3.81. The fraction of sp³-hybridized carbons (Fsp3) is 0.500. The van der Waals surface area contributed by atoms with Crippen molar-refractivity contribution in [2.45, 2.75) is 39.2 Å². The fourth-order valence-corrected chi connectivity index (χ4v) is 3.57. The van der Waals surface area contributed by atoms with Gasteiger partial charge < -0.3 is 15.5 Å². The average molecular weight is 380 g/mol. The van der Waals surface area contributed by atoms with Crippen molar-refractivity contribution in [2.24, 2.45) is 5.92 Å². The Morgan fingerprint density at radius 3 is 2.71 bits per heavy atom. The highest BCUT2D eigenvalue weighted by atomic mass is 16.1. The lowest BCUT2D eigenvalue weighted by atomic mass is 9.95. The molecule has 1 aliphatic heterocycles. The van der Waals surface area contributed by atoms with Gasteiger partial charge in [-0.1, -0.05) is 0 Å². The topological polar surface area (TPSA) is 81.0 Å². The number of rotatable bonds is 5. The van der Waals surface area contributed by atoms with Gasteiger partial charge in [0.05, 0.1) is 17.6 Å². The molecule has 1 aliphatic rings. The number of aromatic nitrogens is 1. The number of amides is 1. The minimum absolute atomic E-state index is 0.0542. The van der Waals surface area contributed by atoms with E-state index in [9.17, 15) is 10.1 Å². The van der Waals surface area contributed by atoms with E-state index in [1.54, 1.807) is 6.20 Å². The first-order valence-electron chi connectivity index (χ1n) is 9.92. The Kier molecular flexibility index (Phi) is 6.15. The molecule has 1 amide bonds. The van der Waals surface area contributed by atoms with E-state index < -0.39 is 0 Å². The molecule has 148 valence electrons. The van der Waals surface area contributed by atoms with Gasteiger partial charge in [-0.3, -0.25) is 9.78 Å². The molecule has 1 fully saturated rings. The summed E-state index contributed by atoms with van der Waals surface area (Å²) in [4.78, 5) is 18.8. The Bertz CT molecular complexity index is 873. The van der Waals surface area contributed by atoms with E-state index in [0.29, 0.717) is 18.0 Å². The molecule has 2 heterocycles. The fourth-order valence-electron chi connectivity index (χ4n) is 3.57. The van der Waals surface area contributed by atoms with Crippen LogP contribution in [0.4, 0.5) is 5.69 Å². The van der Waals surface area contributed by atoms with Crippen LogP contribution < -0.4 is 15.5 Å². The number of nitrogens with zero attached hydrogens (tertiary/aromatic N) is 3. The van der Waals surface area contributed by atoms with Gasteiger partial charge in [-0.2, -0.15) is 5.26 Å². The molecule has 0 radical (unpaired) electrons. The van der Waals surface area contributed by atoms with Crippen molar-refractivity contribution in [3.63, 3.8) is 0 Å². The minimum Gasteiger partial charge on any atom is -0.371 e. The summed E-state index contributed by atoms with van der Waals surface area (Å²) < 4.78 is 0. The quantitative estimate of drug-likeness (QED) is 0.835. The third-order valence-corrected chi connectivity index (χ3v) is 5.19. The maximum Gasteiger partial charge on any atom is 0.233 e. The second kappa shape index (κ2) is 8.57. The SMILES string of the molecule is CC(C)(C)NCC(=O)NCC1CCN(c2ccc(C#N)c3ncccc23)CC1. The number of hydrogen-bond donors (Lipinski definition) is 2. The van der Waals surface area contributed by atoms with E-state index in [-0.39, 0.29) is 11.4 Å². The third kappa shape index (κ3) is 4.99. The van der Waals surface area contributed by atoms with E-state index in [1.165, 1.54) is 0 Å². The summed E-state index contributed by atoms with van der Waals surface area (Å²) in [5.41, 5.74) is 2.46. The number of fused-ring (bicyclic) bond motifs is 1. The van der Waals surface area contributed by atoms with Crippen LogP contribution in [0.15, 0.2) is 30.5 Å². The van der Waals surface area contributed by atoms with E-state index in [4.69, 9.17) is 0 Å². The van der Waals surface area contributed by atoms with Gasteiger partial charge in [-0.15, -0.1) is 0 Å². The lowest BCUT2D eigenvalue weighted by Crippen LogP contribution is -2.45. The molecular formula is C22H29N5O. The molecule has 1 saturated heterocycles. The summed E-state index contributed by atoms with van der Waals surface area (Å²) in [7, 11) is 0. The van der Waals surface area contributed by atoms with E-state index in [0.717, 1.165) is 49.1 Å². The zero-order valence-corrected chi connectivity index (χ0v) is 17.0. The van der Waals surface area contributed by atoms with Crippen LogP contribution >= 0.6 is 0 Å². The molecule has 28 heavy (non-hydrogen) atoms. The number of carbonyl (C=O) groups is 1. The molecule has 6 nitrogen and oxygen atoms in total. The van der Waals surface area contributed by atoms with Crippen LogP contribution in [0.25, 0.3) is 10.9 Å². The second-order valence-electron chi connectivity index (χ2n) is 8.48. The van der Waals surface area contributed by atoms with Crippen LogP contribution in [0.2, 0.25) is 0 Å². The van der Waals surface area contributed by atoms with Crippen LogP contribution in [-0.4, -0.2) is 42.6 Å². The van der Waals surface area contributed by atoms with Crippen molar-refractivity contribution in [1.82, 2.24) is 15.6 Å². The molecule has 0 unspecified atom stereocenters. The zero-order valence-electron chi connectivity index (χ0n) is 17.0. The molecule has 0 spiro atoms. The molecule has 1 aromatic carbocycles. The van der Waals surface area contributed by atoms with Gasteiger partial charge in [0.15, 0.2) is 0 Å². The molecule has 0 atom stereocenters. The number of nitrogens with one attached hydrogen (secondary N) is 2. The van der Waals surface area contributed by atoms with E-state index >= 15 is 0 Å². The molecular weight excluding hydrogens is 350 g/mol. The Balaban J connectivity index is 1.56. The number of carbonyl (C=O) groups excluding carboxylic acids is 1. The number of piperidine rings is 1. The smallest absolute Gasteiger partial charge is 0.233 e. The first-order valence-corrected chi connectivity index (χ1v) is 9.92. The summed E-state index contributed by atoms with van der Waals surface area (Å²) in [6, 6.07) is 10.1. The molecule has 0 aliphatic carbocycles. The largest absolute Gasteiger partial charge is 0.371 e. The van der Waals surface area contributed by atoms with Gasteiger partial charge in [0.25, 0.3) is 0 Å². The highest BCUT2D eigenvalue weighted by molar-refractivity contribution is 5.95. The van der Waals surface area contributed by atoms with Crippen molar-refractivity contribution in [3.05, 3.63) is 36.0 Å². The monoisotopic (exact) mass is 379 g/mol. The number of pyridine rings is 1. The van der Waals surface area contributed by atoms with Gasteiger partial charge in [-0.25, -0.2) is 0 Å². The maximum atomic E-state index is 12.0. The Labute approximate surface area is 166 Å². The summed E-state index contributed by atoms with van der Waals surface area (Å²) >= 11 is 0. The van der Waals surface area contributed by atoms with Crippen molar-refractivity contribution in [3.8, 4) is 6.07 Å². The highest BCUT2D eigenvalue weighted by Gasteiger charge is 2.22. The number of anilines is 1. The zero-order chi connectivity index (χ0) is 20.1. The van der Waals surface area contributed by atoms with Crippen LogP contribution in [0.1, 0.15) is 39.2 Å². The van der Waals surface area contributed by atoms with E-state index in [2.05, 4.69) is 47.4 Å². The average Bonchev–Trinajstić information content (AvgIpc) is 2.70. The summed E-state index contributed by atoms with van der Waals surface area (Å²) in [5.74, 6) is 0.555. The van der Waals surface area contributed by atoms with Crippen LogP contribution in [0.5, 0.6) is 0 Å². The Hall–Kier alpha value is -2.65. The second-order valence-corrected chi connectivity index (χ2v) is 8.48. The molecule has 1 aromatic heterocycles. The van der Waals surface area contributed by atoms with Crippen molar-refractivity contribution in [2.75, 3.05) is 31.1 Å². The predicted molar refractivity (Wildman–Crippen MR) is 112 cm³/mol. The predicted octanol–water partition coefficient (Wildman–Crippen LogP) is 2.83. The number of nitriles is 1. The molecule has 3 rings (SSSR count). The van der Waals surface area contributed by atoms with Gasteiger partial charge in [0.2, 0.25) is 5.91 Å². The van der Waals surface area contributed by atoms with Crippen molar-refractivity contribution >= 4 is 22.5 Å². The van der Waals surface area contributed by atoms with Gasteiger partial charge in [-0.05, 0) is 63.8 Å². The summed E-state index contributed by atoms with van der Waals surface area (Å²) in [6.45, 7) is 9.13. The standard InChI is InChI=1S/C22H29N5O/c1-22(2,3)26-15-20(28)25-14-16-8-11-27(12-9-16)19-7-6-17(13-23)21-18(19)5-4-10-24-21/h4-7,10,16,26H,8-9,11-12,14-15H2,1-3H3,(H,25,28). The lowest BCUT2D eigenvalue weighted by Gasteiger charge is -2.34.